The quantitative estimate of drug-likeness (QED) is 0.443. The number of sulfonamides is 1. The van der Waals surface area contributed by atoms with E-state index >= 15 is 0 Å². The van der Waals surface area contributed by atoms with Crippen LogP contribution in [0.15, 0.2) is 17.0 Å². The standard InChI is InChI=1S/C16H25N3O5S/c1-12-10-13(2)16(11-15(12)19(20)21)25(22,23)18-7-4-14(5-8-18)24-9-3-6-17/h10-11,14H,3-9,17H2,1-2H3. The molecule has 0 amide bonds. The zero-order chi connectivity index (χ0) is 18.6. The minimum absolute atomic E-state index is 0.00676. The van der Waals surface area contributed by atoms with Gasteiger partial charge in [-0.3, -0.25) is 10.1 Å². The molecule has 8 nitrogen and oxygen atoms in total. The number of hydrogen-bond donors (Lipinski definition) is 1. The average molecular weight is 371 g/mol. The minimum Gasteiger partial charge on any atom is -0.378 e. The highest BCUT2D eigenvalue weighted by atomic mass is 32.2. The fourth-order valence-corrected chi connectivity index (χ4v) is 4.70. The van der Waals surface area contributed by atoms with Gasteiger partial charge in [-0.1, -0.05) is 0 Å². The second-order valence-electron chi connectivity index (χ2n) is 6.28. The number of rotatable bonds is 7. The number of nitro benzene ring substituents is 1. The van der Waals surface area contributed by atoms with Crippen molar-refractivity contribution in [2.45, 2.75) is 44.1 Å². The van der Waals surface area contributed by atoms with Crippen LogP contribution in [0, 0.1) is 24.0 Å². The van der Waals surface area contributed by atoms with Gasteiger partial charge in [0.05, 0.1) is 15.9 Å². The molecule has 0 aromatic heterocycles. The molecule has 1 heterocycles. The van der Waals surface area contributed by atoms with Crippen LogP contribution >= 0.6 is 0 Å². The van der Waals surface area contributed by atoms with E-state index in [4.69, 9.17) is 10.5 Å². The van der Waals surface area contributed by atoms with E-state index in [0.717, 1.165) is 6.42 Å². The van der Waals surface area contributed by atoms with Crippen molar-refractivity contribution in [3.05, 3.63) is 33.4 Å². The summed E-state index contributed by atoms with van der Waals surface area (Å²) < 4.78 is 32.9. The molecule has 1 aliphatic rings. The summed E-state index contributed by atoms with van der Waals surface area (Å²) in [7, 11) is -3.76. The number of hydrogen-bond acceptors (Lipinski definition) is 6. The Balaban J connectivity index is 2.15. The molecule has 9 heteroatoms. The molecule has 1 saturated heterocycles. The van der Waals surface area contributed by atoms with Crippen LogP contribution in [0.5, 0.6) is 0 Å². The van der Waals surface area contributed by atoms with E-state index in [0.29, 0.717) is 50.2 Å². The zero-order valence-corrected chi connectivity index (χ0v) is 15.4. The molecule has 1 fully saturated rings. The Labute approximate surface area is 148 Å². The first-order chi connectivity index (χ1) is 11.8. The SMILES string of the molecule is Cc1cc(C)c(S(=O)(=O)N2CCC(OCCCN)CC2)cc1[N+](=O)[O-]. The molecule has 0 saturated carbocycles. The van der Waals surface area contributed by atoms with Crippen LogP contribution in [0.25, 0.3) is 0 Å². The van der Waals surface area contributed by atoms with Crippen molar-refractivity contribution < 1.29 is 18.1 Å². The highest BCUT2D eigenvalue weighted by Crippen LogP contribution is 2.29. The van der Waals surface area contributed by atoms with E-state index in [9.17, 15) is 18.5 Å². The van der Waals surface area contributed by atoms with Gasteiger partial charge in [-0.05, 0) is 51.3 Å². The average Bonchev–Trinajstić information content (AvgIpc) is 2.55. The van der Waals surface area contributed by atoms with Crippen LogP contribution in [0.4, 0.5) is 5.69 Å². The monoisotopic (exact) mass is 371 g/mol. The predicted octanol–water partition coefficient (Wildman–Crippen LogP) is 1.73. The molecule has 2 rings (SSSR count). The molecule has 0 aliphatic carbocycles. The highest BCUT2D eigenvalue weighted by Gasteiger charge is 2.32. The van der Waals surface area contributed by atoms with Crippen LogP contribution < -0.4 is 5.73 Å². The summed E-state index contributed by atoms with van der Waals surface area (Å²) in [6, 6.07) is 2.72. The lowest BCUT2D eigenvalue weighted by atomic mass is 10.1. The summed E-state index contributed by atoms with van der Waals surface area (Å²) in [5, 5.41) is 11.1. The molecule has 2 N–H and O–H groups in total. The van der Waals surface area contributed by atoms with E-state index in [1.165, 1.54) is 10.4 Å². The Morgan fingerprint density at radius 1 is 1.28 bits per heavy atom. The van der Waals surface area contributed by atoms with Crippen LogP contribution in [0.2, 0.25) is 0 Å². The van der Waals surface area contributed by atoms with Crippen molar-refractivity contribution in [1.29, 1.82) is 0 Å². The Hall–Kier alpha value is -1.55. The second-order valence-corrected chi connectivity index (χ2v) is 8.18. The maximum absolute atomic E-state index is 12.9. The number of nitrogens with zero attached hydrogens (tertiary/aromatic N) is 2. The number of piperidine rings is 1. The van der Waals surface area contributed by atoms with Gasteiger partial charge in [-0.2, -0.15) is 4.31 Å². The number of benzene rings is 1. The van der Waals surface area contributed by atoms with E-state index in [2.05, 4.69) is 0 Å². The number of aryl methyl sites for hydroxylation is 2. The van der Waals surface area contributed by atoms with Gasteiger partial charge in [-0.25, -0.2) is 8.42 Å². The van der Waals surface area contributed by atoms with Gasteiger partial charge in [0.25, 0.3) is 5.69 Å². The van der Waals surface area contributed by atoms with Gasteiger partial charge in [0.1, 0.15) is 0 Å². The predicted molar refractivity (Wildman–Crippen MR) is 94.0 cm³/mol. The Morgan fingerprint density at radius 3 is 2.48 bits per heavy atom. The number of nitrogens with two attached hydrogens (primary N) is 1. The highest BCUT2D eigenvalue weighted by molar-refractivity contribution is 7.89. The lowest BCUT2D eigenvalue weighted by molar-refractivity contribution is -0.385. The molecular weight excluding hydrogens is 346 g/mol. The zero-order valence-electron chi connectivity index (χ0n) is 14.6. The van der Waals surface area contributed by atoms with Gasteiger partial charge < -0.3 is 10.5 Å². The van der Waals surface area contributed by atoms with E-state index in [1.54, 1.807) is 19.9 Å². The topological polar surface area (TPSA) is 116 Å². The van der Waals surface area contributed by atoms with Crippen molar-refractivity contribution in [2.24, 2.45) is 5.73 Å². The molecule has 1 aromatic rings. The van der Waals surface area contributed by atoms with Gasteiger partial charge >= 0.3 is 0 Å². The second kappa shape index (κ2) is 8.22. The Morgan fingerprint density at radius 2 is 1.92 bits per heavy atom. The molecule has 0 atom stereocenters. The lowest BCUT2D eigenvalue weighted by Crippen LogP contribution is -2.41. The number of ether oxygens (including phenoxy) is 1. The Kier molecular flexibility index (Phi) is 6.50. The van der Waals surface area contributed by atoms with Crippen LogP contribution in [-0.2, 0) is 14.8 Å². The third kappa shape index (κ3) is 4.55. The number of nitro groups is 1. The first-order valence-electron chi connectivity index (χ1n) is 8.35. The first kappa shape index (κ1) is 19.8. The van der Waals surface area contributed by atoms with E-state index in [1.807, 2.05) is 0 Å². The summed E-state index contributed by atoms with van der Waals surface area (Å²) in [5.41, 5.74) is 6.22. The summed E-state index contributed by atoms with van der Waals surface area (Å²) in [6.45, 7) is 5.10. The molecule has 0 bridgehead atoms. The van der Waals surface area contributed by atoms with Crippen molar-refractivity contribution >= 4 is 15.7 Å². The first-order valence-corrected chi connectivity index (χ1v) is 9.79. The van der Waals surface area contributed by atoms with E-state index in [-0.39, 0.29) is 16.7 Å². The summed E-state index contributed by atoms with van der Waals surface area (Å²) in [4.78, 5) is 10.6. The normalized spacial score (nSPS) is 16.9. The molecule has 1 aliphatic heterocycles. The smallest absolute Gasteiger partial charge is 0.273 e. The fourth-order valence-electron chi connectivity index (χ4n) is 3.01. The fraction of sp³-hybridized carbons (Fsp3) is 0.625. The molecule has 0 spiro atoms. The van der Waals surface area contributed by atoms with Crippen molar-refractivity contribution in [3.8, 4) is 0 Å². The maximum Gasteiger partial charge on any atom is 0.273 e. The van der Waals surface area contributed by atoms with Gasteiger partial charge in [0.15, 0.2) is 0 Å². The third-order valence-corrected chi connectivity index (χ3v) is 6.45. The molecule has 140 valence electrons. The third-order valence-electron chi connectivity index (χ3n) is 4.41. The van der Waals surface area contributed by atoms with Crippen LogP contribution in [0.1, 0.15) is 30.4 Å². The largest absolute Gasteiger partial charge is 0.378 e. The lowest BCUT2D eigenvalue weighted by Gasteiger charge is -2.31. The van der Waals surface area contributed by atoms with Crippen molar-refractivity contribution in [1.82, 2.24) is 4.31 Å². The van der Waals surface area contributed by atoms with Gasteiger partial charge in [0.2, 0.25) is 10.0 Å². The summed E-state index contributed by atoms with van der Waals surface area (Å²) in [6.07, 6.45) is 2.03. The van der Waals surface area contributed by atoms with Gasteiger partial charge in [-0.15, -0.1) is 0 Å². The van der Waals surface area contributed by atoms with Crippen LogP contribution in [0.3, 0.4) is 0 Å². The molecule has 0 unspecified atom stereocenters. The molecule has 25 heavy (non-hydrogen) atoms. The van der Waals surface area contributed by atoms with Crippen molar-refractivity contribution in [3.63, 3.8) is 0 Å². The van der Waals surface area contributed by atoms with Crippen molar-refractivity contribution in [2.75, 3.05) is 26.2 Å². The summed E-state index contributed by atoms with van der Waals surface area (Å²) >= 11 is 0. The van der Waals surface area contributed by atoms with E-state index < -0.39 is 14.9 Å². The van der Waals surface area contributed by atoms with Gasteiger partial charge in [0, 0.05) is 31.3 Å². The Bertz CT molecular complexity index is 728. The van der Waals surface area contributed by atoms with Crippen LogP contribution in [-0.4, -0.2) is 50.0 Å². The summed E-state index contributed by atoms with van der Waals surface area (Å²) in [5.74, 6) is 0. The molecular formula is C16H25N3O5S. The molecule has 0 radical (unpaired) electrons. The minimum atomic E-state index is -3.76. The molecule has 1 aromatic carbocycles. The maximum atomic E-state index is 12.9.